The van der Waals surface area contributed by atoms with Crippen LogP contribution < -0.4 is 0 Å². The third kappa shape index (κ3) is 4.53. The Hall–Kier alpha value is -0.0600. The van der Waals surface area contributed by atoms with Gasteiger partial charge in [0, 0.05) is 5.56 Å². The normalized spacial score (nSPS) is 12.9. The number of rotatable bonds is 5. The second kappa shape index (κ2) is 7.25. The fourth-order valence-corrected chi connectivity index (χ4v) is 3.03. The van der Waals surface area contributed by atoms with E-state index in [9.17, 15) is 0 Å². The van der Waals surface area contributed by atoms with Gasteiger partial charge in [0.1, 0.15) is 0 Å². The van der Waals surface area contributed by atoms with Gasteiger partial charge in [0.15, 0.2) is 0 Å². The number of hydrogen-bond acceptors (Lipinski definition) is 0. The molecular formula is C13H16IP. The van der Waals surface area contributed by atoms with E-state index in [4.69, 9.17) is 6.42 Å². The Labute approximate surface area is 108 Å². The minimum absolute atomic E-state index is 0.657. The Morgan fingerprint density at radius 3 is 2.60 bits per heavy atom. The smallest absolute Gasteiger partial charge is 0.0242 e. The van der Waals surface area contributed by atoms with Crippen LogP contribution in [0.5, 0.6) is 0 Å². The molecule has 0 radical (unpaired) electrons. The van der Waals surface area contributed by atoms with Gasteiger partial charge < -0.3 is 0 Å². The van der Waals surface area contributed by atoms with Crippen molar-refractivity contribution in [2.75, 3.05) is 6.16 Å². The molecule has 0 amide bonds. The molecule has 2 unspecified atom stereocenters. The molecule has 0 bridgehead atoms. The van der Waals surface area contributed by atoms with Crippen LogP contribution in [0.2, 0.25) is 0 Å². The summed E-state index contributed by atoms with van der Waals surface area (Å²) in [5.41, 5.74) is 2.38. The van der Waals surface area contributed by atoms with Crippen LogP contribution in [-0.4, -0.2) is 6.16 Å². The minimum atomic E-state index is 0.657. The summed E-state index contributed by atoms with van der Waals surface area (Å²) < 4.78 is 0. The highest BCUT2D eigenvalue weighted by Gasteiger charge is 2.04. The first-order valence-electron chi connectivity index (χ1n) is 5.18. The molecule has 0 aliphatic heterocycles. The maximum atomic E-state index is 5.32. The van der Waals surface area contributed by atoms with Crippen LogP contribution in [-0.2, 0) is 0 Å². The third-order valence-electron chi connectivity index (χ3n) is 2.55. The Morgan fingerprint density at radius 1 is 1.40 bits per heavy atom. The molecule has 1 aromatic carbocycles. The molecule has 0 saturated heterocycles. The lowest BCUT2D eigenvalue weighted by molar-refractivity contribution is 0.669. The topological polar surface area (TPSA) is 0 Å². The molecule has 0 aliphatic carbocycles. The molecule has 1 aromatic rings. The first kappa shape index (κ1) is 13.0. The average molecular weight is 330 g/mol. The van der Waals surface area contributed by atoms with Crippen LogP contribution >= 0.6 is 28.3 Å². The number of benzene rings is 1. The molecule has 1 rings (SSSR count). The monoisotopic (exact) mass is 330 g/mol. The zero-order valence-corrected chi connectivity index (χ0v) is 12.1. The molecule has 0 N–H and O–H groups in total. The molecular weight excluding hydrogens is 314 g/mol. The maximum Gasteiger partial charge on any atom is 0.0242 e. The molecule has 15 heavy (non-hydrogen) atoms. The first-order valence-corrected chi connectivity index (χ1v) is 9.50. The van der Waals surface area contributed by atoms with Crippen LogP contribution in [0.15, 0.2) is 24.3 Å². The van der Waals surface area contributed by atoms with Crippen LogP contribution in [0.25, 0.3) is 0 Å². The van der Waals surface area contributed by atoms with Crippen LogP contribution in [0.3, 0.4) is 0 Å². The van der Waals surface area contributed by atoms with Crippen molar-refractivity contribution in [2.24, 2.45) is 0 Å². The van der Waals surface area contributed by atoms with E-state index in [-0.39, 0.29) is 0 Å². The van der Waals surface area contributed by atoms with E-state index >= 15 is 0 Å². The summed E-state index contributed by atoms with van der Waals surface area (Å²) in [7, 11) is 0. The van der Waals surface area contributed by atoms with Gasteiger partial charge in [-0.15, -0.1) is 6.42 Å². The molecule has 0 nitrogen and oxygen atoms in total. The number of halogens is 1. The van der Waals surface area contributed by atoms with E-state index < -0.39 is 0 Å². The largest absolute Gasteiger partial charge is 0.115 e. The van der Waals surface area contributed by atoms with Gasteiger partial charge in [-0.05, 0) is 42.6 Å². The van der Waals surface area contributed by atoms with Gasteiger partial charge in [-0.2, -0.15) is 0 Å². The lowest BCUT2D eigenvalue weighted by Crippen LogP contribution is -1.94. The maximum absolute atomic E-state index is 5.32. The predicted octanol–water partition coefficient (Wildman–Crippen LogP) is 4.58. The van der Waals surface area contributed by atoms with Gasteiger partial charge in [-0.25, -0.2) is 0 Å². The second-order valence-electron chi connectivity index (χ2n) is 3.69. The molecule has 2 atom stereocenters. The van der Waals surface area contributed by atoms with Crippen molar-refractivity contribution in [3.8, 4) is 12.3 Å². The van der Waals surface area contributed by atoms with Crippen molar-refractivity contribution in [3.05, 3.63) is 35.4 Å². The summed E-state index contributed by atoms with van der Waals surface area (Å²) in [4.78, 5) is 0. The van der Waals surface area contributed by atoms with Crippen molar-refractivity contribution in [1.29, 1.82) is 0 Å². The molecule has 0 saturated carbocycles. The van der Waals surface area contributed by atoms with Gasteiger partial charge in [0.2, 0.25) is 0 Å². The first-order chi connectivity index (χ1) is 7.27. The van der Waals surface area contributed by atoms with Crippen molar-refractivity contribution in [1.82, 2.24) is 0 Å². The van der Waals surface area contributed by atoms with Gasteiger partial charge in [-0.3, -0.25) is 0 Å². The Bertz CT molecular complexity index is 323. The van der Waals surface area contributed by atoms with Crippen LogP contribution in [0.1, 0.15) is 36.8 Å². The fraction of sp³-hybridized carbons (Fsp3) is 0.385. The van der Waals surface area contributed by atoms with Gasteiger partial charge >= 0.3 is 0 Å². The SMILES string of the molecule is C#Cc1ccc(C(C)CCCPI)cc1. The Morgan fingerprint density at radius 2 is 2.07 bits per heavy atom. The molecule has 0 spiro atoms. The highest BCUT2D eigenvalue weighted by atomic mass is 127. The Balaban J connectivity index is 2.51. The number of hydrogen-bond donors (Lipinski definition) is 0. The predicted molar refractivity (Wildman–Crippen MR) is 79.2 cm³/mol. The Kier molecular flexibility index (Phi) is 6.29. The summed E-state index contributed by atoms with van der Waals surface area (Å²) >= 11 is 2.46. The summed E-state index contributed by atoms with van der Waals surface area (Å²) in [6, 6.07) is 8.39. The van der Waals surface area contributed by atoms with Crippen molar-refractivity contribution in [3.63, 3.8) is 0 Å². The van der Waals surface area contributed by atoms with E-state index in [1.54, 1.807) is 0 Å². The molecule has 0 heterocycles. The van der Waals surface area contributed by atoms with Gasteiger partial charge in [-0.1, -0.05) is 53.2 Å². The zero-order valence-electron chi connectivity index (χ0n) is 8.96. The molecule has 0 fully saturated rings. The van der Waals surface area contributed by atoms with Gasteiger partial charge in [0.05, 0.1) is 0 Å². The zero-order chi connectivity index (χ0) is 11.1. The van der Waals surface area contributed by atoms with E-state index in [2.05, 4.69) is 47.0 Å². The highest BCUT2D eigenvalue weighted by molar-refractivity contribution is 14.2. The second-order valence-corrected chi connectivity index (χ2v) is 6.75. The van der Waals surface area contributed by atoms with E-state index in [0.717, 1.165) is 11.8 Å². The average Bonchev–Trinajstić information content (AvgIpc) is 2.29. The molecule has 80 valence electrons. The minimum Gasteiger partial charge on any atom is -0.115 e. The summed E-state index contributed by atoms with van der Waals surface area (Å²) in [5.74, 6) is 3.30. The standard InChI is InChI=1S/C13H16IP/c1-3-12-6-8-13(9-7-12)11(2)5-4-10-15-14/h1,6-9,11,15H,4-5,10H2,2H3. The quantitative estimate of drug-likeness (QED) is 0.321. The number of terminal acetylenes is 1. The van der Waals surface area contributed by atoms with Crippen molar-refractivity contribution >= 4 is 28.3 Å². The fourth-order valence-electron chi connectivity index (χ4n) is 1.55. The van der Waals surface area contributed by atoms with Crippen LogP contribution in [0.4, 0.5) is 0 Å². The third-order valence-corrected chi connectivity index (χ3v) is 4.72. The van der Waals surface area contributed by atoms with E-state index in [0.29, 0.717) is 5.92 Å². The summed E-state index contributed by atoms with van der Waals surface area (Å²) in [5, 5.41) is 0. The molecule has 0 aromatic heterocycles. The van der Waals surface area contributed by atoms with Crippen LogP contribution in [0, 0.1) is 12.3 Å². The highest BCUT2D eigenvalue weighted by Crippen LogP contribution is 2.26. The van der Waals surface area contributed by atoms with Crippen molar-refractivity contribution in [2.45, 2.75) is 25.7 Å². The summed E-state index contributed by atoms with van der Waals surface area (Å²) in [6.45, 7) is 2.29. The lowest BCUT2D eigenvalue weighted by Gasteiger charge is -2.11. The lowest BCUT2D eigenvalue weighted by atomic mass is 9.96. The summed E-state index contributed by atoms with van der Waals surface area (Å²) in [6.07, 6.45) is 10.4. The molecule has 2 heteroatoms. The molecule has 0 aliphatic rings. The van der Waals surface area contributed by atoms with E-state index in [1.807, 2.05) is 12.1 Å². The van der Waals surface area contributed by atoms with E-state index in [1.165, 1.54) is 24.6 Å². The van der Waals surface area contributed by atoms with Crippen molar-refractivity contribution < 1.29 is 0 Å². The van der Waals surface area contributed by atoms with Gasteiger partial charge in [0.25, 0.3) is 0 Å².